The van der Waals surface area contributed by atoms with Gasteiger partial charge >= 0.3 is 7.12 Å². The lowest BCUT2D eigenvalue weighted by atomic mass is 9.47. The number of rotatable bonds is 5. The van der Waals surface area contributed by atoms with Gasteiger partial charge in [-0.1, -0.05) is 115 Å². The van der Waals surface area contributed by atoms with Crippen molar-refractivity contribution in [1.29, 1.82) is 0 Å². The first-order valence-electron chi connectivity index (χ1n) is 9.36. The van der Waals surface area contributed by atoms with Crippen LogP contribution in [0.2, 0.25) is 0 Å². The van der Waals surface area contributed by atoms with Crippen LogP contribution in [0.15, 0.2) is 115 Å². The van der Waals surface area contributed by atoms with Crippen molar-refractivity contribution in [3.63, 3.8) is 0 Å². The summed E-state index contributed by atoms with van der Waals surface area (Å²) in [4.78, 5) is 0. The minimum Gasteiger partial charge on any atom is -0.426 e. The molecule has 0 atom stereocenters. The first kappa shape index (κ1) is 18.2. The second kappa shape index (κ2) is 7.85. The first-order valence-corrected chi connectivity index (χ1v) is 9.36. The minimum atomic E-state index is -1.62. The van der Waals surface area contributed by atoms with Gasteiger partial charge in [-0.2, -0.15) is 0 Å². The van der Waals surface area contributed by atoms with Crippen LogP contribution in [-0.4, -0.2) is 17.2 Å². The SMILES string of the molecule is OB(O)C(c1ccccc1)(c1ccccc1)c1ccccc1-c1ccccc1. The van der Waals surface area contributed by atoms with E-state index < -0.39 is 12.4 Å². The van der Waals surface area contributed by atoms with Crippen LogP contribution in [0.4, 0.5) is 0 Å². The predicted octanol–water partition coefficient (Wildman–Crippen LogP) is 4.70. The van der Waals surface area contributed by atoms with Crippen molar-refractivity contribution in [2.24, 2.45) is 0 Å². The van der Waals surface area contributed by atoms with Crippen LogP contribution < -0.4 is 0 Å². The van der Waals surface area contributed by atoms with Crippen LogP contribution in [-0.2, 0) is 5.31 Å². The molecule has 0 fully saturated rings. The lowest BCUT2D eigenvalue weighted by molar-refractivity contribution is 0.375. The molecule has 2 N–H and O–H groups in total. The van der Waals surface area contributed by atoms with Crippen molar-refractivity contribution in [2.75, 3.05) is 0 Å². The molecular formula is C25H21BO2. The van der Waals surface area contributed by atoms with E-state index in [1.54, 1.807) is 0 Å². The highest BCUT2D eigenvalue weighted by molar-refractivity contribution is 6.48. The van der Waals surface area contributed by atoms with E-state index in [0.717, 1.165) is 27.8 Å². The summed E-state index contributed by atoms with van der Waals surface area (Å²) in [5.74, 6) is 0. The van der Waals surface area contributed by atoms with Crippen molar-refractivity contribution in [3.05, 3.63) is 132 Å². The van der Waals surface area contributed by atoms with Gasteiger partial charge in [0, 0.05) is 0 Å². The molecule has 4 aromatic carbocycles. The predicted molar refractivity (Wildman–Crippen MR) is 115 cm³/mol. The highest BCUT2D eigenvalue weighted by Gasteiger charge is 2.48. The molecule has 2 nitrogen and oxygen atoms in total. The Hall–Kier alpha value is -3.14. The molecule has 4 rings (SSSR count). The quantitative estimate of drug-likeness (QED) is 0.398. The molecule has 0 radical (unpaired) electrons. The Kier molecular flexibility index (Phi) is 5.11. The Morgan fingerprint density at radius 3 is 1.43 bits per heavy atom. The van der Waals surface area contributed by atoms with Gasteiger partial charge in [-0.3, -0.25) is 0 Å². The molecule has 0 amide bonds. The van der Waals surface area contributed by atoms with Crippen LogP contribution >= 0.6 is 0 Å². The first-order chi connectivity index (χ1) is 13.7. The van der Waals surface area contributed by atoms with E-state index in [1.807, 2.05) is 115 Å². The average Bonchev–Trinajstić information content (AvgIpc) is 2.77. The molecule has 4 aromatic rings. The molecule has 0 aromatic heterocycles. The molecule has 3 heteroatoms. The van der Waals surface area contributed by atoms with Crippen LogP contribution in [0.25, 0.3) is 11.1 Å². The second-order valence-corrected chi connectivity index (χ2v) is 6.83. The second-order valence-electron chi connectivity index (χ2n) is 6.83. The van der Waals surface area contributed by atoms with Crippen LogP contribution in [0.3, 0.4) is 0 Å². The third kappa shape index (κ3) is 3.05. The minimum absolute atomic E-state index is 0.833. The molecule has 28 heavy (non-hydrogen) atoms. The van der Waals surface area contributed by atoms with Gasteiger partial charge in [-0.05, 0) is 27.8 Å². The largest absolute Gasteiger partial charge is 0.472 e. The van der Waals surface area contributed by atoms with Gasteiger partial charge in [0.25, 0.3) is 0 Å². The van der Waals surface area contributed by atoms with Gasteiger partial charge in [0.1, 0.15) is 0 Å². The zero-order valence-electron chi connectivity index (χ0n) is 15.4. The lowest BCUT2D eigenvalue weighted by Gasteiger charge is -2.36. The summed E-state index contributed by atoms with van der Waals surface area (Å²) in [6.45, 7) is 0. The van der Waals surface area contributed by atoms with E-state index in [0.29, 0.717) is 0 Å². The highest BCUT2D eigenvalue weighted by atomic mass is 16.4. The van der Waals surface area contributed by atoms with Crippen molar-refractivity contribution < 1.29 is 10.0 Å². The van der Waals surface area contributed by atoms with E-state index in [4.69, 9.17) is 0 Å². The lowest BCUT2D eigenvalue weighted by Crippen LogP contribution is -2.46. The van der Waals surface area contributed by atoms with Crippen LogP contribution in [0.1, 0.15) is 16.7 Å². The number of hydrogen-bond acceptors (Lipinski definition) is 2. The van der Waals surface area contributed by atoms with Gasteiger partial charge in [0.2, 0.25) is 0 Å². The van der Waals surface area contributed by atoms with E-state index in [2.05, 4.69) is 0 Å². The molecule has 0 aliphatic heterocycles. The number of hydrogen-bond donors (Lipinski definition) is 2. The Balaban J connectivity index is 2.09. The number of benzene rings is 4. The van der Waals surface area contributed by atoms with Gasteiger partial charge in [0.15, 0.2) is 0 Å². The van der Waals surface area contributed by atoms with Crippen molar-refractivity contribution in [2.45, 2.75) is 5.31 Å². The van der Waals surface area contributed by atoms with E-state index in [-0.39, 0.29) is 0 Å². The van der Waals surface area contributed by atoms with E-state index in [1.165, 1.54) is 0 Å². The monoisotopic (exact) mass is 364 g/mol. The Bertz CT molecular complexity index is 992. The van der Waals surface area contributed by atoms with Crippen LogP contribution in [0, 0.1) is 0 Å². The maximum absolute atomic E-state index is 10.8. The molecule has 0 aliphatic carbocycles. The molecule has 136 valence electrons. The van der Waals surface area contributed by atoms with Gasteiger partial charge in [-0.15, -0.1) is 0 Å². The smallest absolute Gasteiger partial charge is 0.426 e. The summed E-state index contributed by atoms with van der Waals surface area (Å²) in [6.07, 6.45) is 0. The Morgan fingerprint density at radius 1 is 0.500 bits per heavy atom. The van der Waals surface area contributed by atoms with Crippen molar-refractivity contribution >= 4 is 7.12 Å². The summed E-state index contributed by atoms with van der Waals surface area (Å²) in [7, 11) is -1.62. The molecule has 0 unspecified atom stereocenters. The maximum Gasteiger partial charge on any atom is 0.472 e. The molecule has 0 spiro atoms. The summed E-state index contributed by atoms with van der Waals surface area (Å²) < 4.78 is 0. The molecule has 0 saturated heterocycles. The van der Waals surface area contributed by atoms with E-state index >= 15 is 0 Å². The van der Waals surface area contributed by atoms with Gasteiger partial charge in [0.05, 0.1) is 5.31 Å². The standard InChI is InChI=1S/C25H21BO2/c27-26(28)25(21-14-6-2-7-15-21,22-16-8-3-9-17-22)24-19-11-10-18-23(24)20-12-4-1-5-13-20/h1-19,27-28H. The summed E-state index contributed by atoms with van der Waals surface area (Å²) in [5.41, 5.74) is 4.53. The van der Waals surface area contributed by atoms with Gasteiger partial charge < -0.3 is 10.0 Å². The fourth-order valence-corrected chi connectivity index (χ4v) is 4.01. The van der Waals surface area contributed by atoms with Crippen molar-refractivity contribution in [1.82, 2.24) is 0 Å². The fraction of sp³-hybridized carbons (Fsp3) is 0.0400. The fourth-order valence-electron chi connectivity index (χ4n) is 4.01. The van der Waals surface area contributed by atoms with Gasteiger partial charge in [-0.25, -0.2) is 0 Å². The normalized spacial score (nSPS) is 11.2. The third-order valence-electron chi connectivity index (χ3n) is 5.28. The molecule has 0 aliphatic rings. The van der Waals surface area contributed by atoms with Crippen molar-refractivity contribution in [3.8, 4) is 11.1 Å². The molecular weight excluding hydrogens is 343 g/mol. The van der Waals surface area contributed by atoms with Crippen LogP contribution in [0.5, 0.6) is 0 Å². The summed E-state index contributed by atoms with van der Waals surface area (Å²) >= 11 is 0. The highest BCUT2D eigenvalue weighted by Crippen LogP contribution is 2.44. The topological polar surface area (TPSA) is 40.5 Å². The Morgan fingerprint density at radius 2 is 0.929 bits per heavy atom. The zero-order chi connectivity index (χ0) is 19.4. The Labute approximate surface area is 165 Å². The maximum atomic E-state index is 10.8. The molecule has 0 heterocycles. The van der Waals surface area contributed by atoms with E-state index in [9.17, 15) is 10.0 Å². The molecule has 0 bridgehead atoms. The average molecular weight is 364 g/mol. The molecule has 0 saturated carbocycles. The summed E-state index contributed by atoms with van der Waals surface area (Å²) in [5, 5.41) is 20.6. The third-order valence-corrected chi connectivity index (χ3v) is 5.28. The zero-order valence-corrected chi connectivity index (χ0v) is 15.4. The summed E-state index contributed by atoms with van der Waals surface area (Å²) in [6, 6.07) is 37.4.